The molecule has 0 fully saturated rings. The molecule has 0 aliphatic carbocycles. The molecular weight excluding hydrogens is 244 g/mol. The third-order valence-electron chi connectivity index (χ3n) is 3.61. The lowest BCUT2D eigenvalue weighted by Gasteiger charge is -2.26. The van der Waals surface area contributed by atoms with Crippen molar-refractivity contribution in [1.82, 2.24) is 0 Å². The second-order valence-corrected chi connectivity index (χ2v) is 5.81. The number of hydrogen-bond acceptors (Lipinski definition) is 1. The van der Waals surface area contributed by atoms with Gasteiger partial charge in [0.25, 0.3) is 0 Å². The molecule has 0 saturated heterocycles. The lowest BCUT2D eigenvalue weighted by Crippen LogP contribution is -2.22. The van der Waals surface area contributed by atoms with E-state index >= 15 is 0 Å². The van der Waals surface area contributed by atoms with Gasteiger partial charge in [-0.3, -0.25) is 0 Å². The predicted octanol–water partition coefficient (Wildman–Crippen LogP) is 5.32. The van der Waals surface area contributed by atoms with Gasteiger partial charge in [0.15, 0.2) is 0 Å². The average Bonchev–Trinajstić information content (AvgIpc) is 2.46. The molecular formula is C19H24O. The zero-order valence-electron chi connectivity index (χ0n) is 12.9. The standard InChI is InChI=1S/C19H24O/c1-5-13-20-19(3,4)18-8-6-7-17(14-18)16-11-9-15(2)10-12-16/h6-12,14H,5,13H2,1-4H3. The van der Waals surface area contributed by atoms with Crippen molar-refractivity contribution in [2.75, 3.05) is 6.61 Å². The molecule has 2 aromatic carbocycles. The molecule has 0 spiro atoms. The van der Waals surface area contributed by atoms with E-state index in [1.54, 1.807) is 0 Å². The summed E-state index contributed by atoms with van der Waals surface area (Å²) in [6, 6.07) is 17.3. The number of ether oxygens (including phenoxy) is 1. The lowest BCUT2D eigenvalue weighted by atomic mass is 9.94. The van der Waals surface area contributed by atoms with Gasteiger partial charge in [-0.15, -0.1) is 0 Å². The molecule has 0 bridgehead atoms. The zero-order valence-corrected chi connectivity index (χ0v) is 12.9. The molecule has 1 nitrogen and oxygen atoms in total. The van der Waals surface area contributed by atoms with E-state index in [0.717, 1.165) is 13.0 Å². The second-order valence-electron chi connectivity index (χ2n) is 5.81. The van der Waals surface area contributed by atoms with Crippen LogP contribution in [0.1, 0.15) is 38.3 Å². The molecule has 0 aliphatic rings. The summed E-state index contributed by atoms with van der Waals surface area (Å²) in [5.41, 5.74) is 4.77. The van der Waals surface area contributed by atoms with Crippen molar-refractivity contribution in [3.05, 3.63) is 59.7 Å². The fourth-order valence-corrected chi connectivity index (χ4v) is 2.26. The molecule has 0 unspecified atom stereocenters. The van der Waals surface area contributed by atoms with E-state index in [2.05, 4.69) is 76.2 Å². The Morgan fingerprint density at radius 3 is 2.30 bits per heavy atom. The largest absolute Gasteiger partial charge is 0.371 e. The molecule has 1 heteroatoms. The van der Waals surface area contributed by atoms with Crippen LogP contribution in [0.4, 0.5) is 0 Å². The number of rotatable bonds is 5. The van der Waals surface area contributed by atoms with E-state index in [1.165, 1.54) is 22.3 Å². The van der Waals surface area contributed by atoms with Crippen molar-refractivity contribution in [3.63, 3.8) is 0 Å². The summed E-state index contributed by atoms with van der Waals surface area (Å²) < 4.78 is 5.97. The maximum atomic E-state index is 5.97. The Hall–Kier alpha value is -1.60. The number of aryl methyl sites for hydroxylation is 1. The average molecular weight is 268 g/mol. The maximum absolute atomic E-state index is 5.97. The van der Waals surface area contributed by atoms with Crippen LogP contribution in [0.15, 0.2) is 48.5 Å². The van der Waals surface area contributed by atoms with Gasteiger partial charge in [0.1, 0.15) is 0 Å². The van der Waals surface area contributed by atoms with Gasteiger partial charge in [0, 0.05) is 6.61 Å². The van der Waals surface area contributed by atoms with Gasteiger partial charge in [-0.2, -0.15) is 0 Å². The molecule has 0 aromatic heterocycles. The Bertz CT molecular complexity index is 552. The van der Waals surface area contributed by atoms with Gasteiger partial charge in [0.05, 0.1) is 5.60 Å². The summed E-state index contributed by atoms with van der Waals surface area (Å²) in [5.74, 6) is 0. The first-order valence-corrected chi connectivity index (χ1v) is 7.34. The normalized spacial score (nSPS) is 11.6. The molecule has 0 N–H and O–H groups in total. The minimum atomic E-state index is -0.239. The Morgan fingerprint density at radius 1 is 0.950 bits per heavy atom. The summed E-state index contributed by atoms with van der Waals surface area (Å²) in [5, 5.41) is 0. The van der Waals surface area contributed by atoms with Crippen LogP contribution in [0.25, 0.3) is 11.1 Å². The highest BCUT2D eigenvalue weighted by Crippen LogP contribution is 2.29. The van der Waals surface area contributed by atoms with Gasteiger partial charge in [0.2, 0.25) is 0 Å². The molecule has 2 aromatic rings. The van der Waals surface area contributed by atoms with E-state index in [1.807, 2.05) is 0 Å². The van der Waals surface area contributed by atoms with Crippen LogP contribution in [0.3, 0.4) is 0 Å². The first kappa shape index (κ1) is 14.8. The topological polar surface area (TPSA) is 9.23 Å². The third-order valence-corrected chi connectivity index (χ3v) is 3.61. The highest BCUT2D eigenvalue weighted by molar-refractivity contribution is 5.64. The highest BCUT2D eigenvalue weighted by atomic mass is 16.5. The van der Waals surface area contributed by atoms with Gasteiger partial charge in [-0.05, 0) is 49.9 Å². The molecule has 2 rings (SSSR count). The first-order chi connectivity index (χ1) is 9.53. The first-order valence-electron chi connectivity index (χ1n) is 7.34. The van der Waals surface area contributed by atoms with E-state index in [4.69, 9.17) is 4.74 Å². The molecule has 0 saturated carbocycles. The van der Waals surface area contributed by atoms with Crippen LogP contribution in [0.2, 0.25) is 0 Å². The van der Waals surface area contributed by atoms with Crippen LogP contribution in [-0.4, -0.2) is 6.61 Å². The van der Waals surface area contributed by atoms with Gasteiger partial charge in [-0.25, -0.2) is 0 Å². The Labute approximate surface area is 122 Å². The molecule has 106 valence electrons. The van der Waals surface area contributed by atoms with Crippen LogP contribution < -0.4 is 0 Å². The molecule has 0 amide bonds. The minimum absolute atomic E-state index is 0.239. The second kappa shape index (κ2) is 6.23. The van der Waals surface area contributed by atoms with Crippen molar-refractivity contribution < 1.29 is 4.74 Å². The predicted molar refractivity (Wildman–Crippen MR) is 85.9 cm³/mol. The number of hydrogen-bond donors (Lipinski definition) is 0. The molecule has 0 atom stereocenters. The SMILES string of the molecule is CCCOC(C)(C)c1cccc(-c2ccc(C)cc2)c1. The fraction of sp³-hybridized carbons (Fsp3) is 0.368. The van der Waals surface area contributed by atoms with E-state index in [-0.39, 0.29) is 5.60 Å². The van der Waals surface area contributed by atoms with E-state index in [0.29, 0.717) is 0 Å². The molecule has 0 radical (unpaired) electrons. The summed E-state index contributed by atoms with van der Waals surface area (Å²) in [6.45, 7) is 9.32. The van der Waals surface area contributed by atoms with Crippen LogP contribution >= 0.6 is 0 Å². The van der Waals surface area contributed by atoms with Crippen LogP contribution in [0, 0.1) is 6.92 Å². The Balaban J connectivity index is 2.30. The Kier molecular flexibility index (Phi) is 4.61. The molecule has 0 heterocycles. The zero-order chi connectivity index (χ0) is 14.6. The quantitative estimate of drug-likeness (QED) is 0.712. The van der Waals surface area contributed by atoms with Gasteiger partial charge in [-0.1, -0.05) is 55.0 Å². The van der Waals surface area contributed by atoms with Crippen LogP contribution in [-0.2, 0) is 10.3 Å². The fourth-order valence-electron chi connectivity index (χ4n) is 2.26. The van der Waals surface area contributed by atoms with Gasteiger partial charge >= 0.3 is 0 Å². The number of benzene rings is 2. The van der Waals surface area contributed by atoms with Crippen molar-refractivity contribution in [1.29, 1.82) is 0 Å². The van der Waals surface area contributed by atoms with Crippen molar-refractivity contribution in [3.8, 4) is 11.1 Å². The van der Waals surface area contributed by atoms with Gasteiger partial charge < -0.3 is 4.74 Å². The maximum Gasteiger partial charge on any atom is 0.0875 e. The van der Waals surface area contributed by atoms with Crippen molar-refractivity contribution in [2.45, 2.75) is 39.7 Å². The smallest absolute Gasteiger partial charge is 0.0875 e. The van der Waals surface area contributed by atoms with E-state index in [9.17, 15) is 0 Å². The molecule has 0 aliphatic heterocycles. The lowest BCUT2D eigenvalue weighted by molar-refractivity contribution is -0.0212. The van der Waals surface area contributed by atoms with E-state index < -0.39 is 0 Å². The molecule has 20 heavy (non-hydrogen) atoms. The van der Waals surface area contributed by atoms with Crippen molar-refractivity contribution >= 4 is 0 Å². The summed E-state index contributed by atoms with van der Waals surface area (Å²) in [6.07, 6.45) is 1.04. The van der Waals surface area contributed by atoms with Crippen LogP contribution in [0.5, 0.6) is 0 Å². The highest BCUT2D eigenvalue weighted by Gasteiger charge is 2.21. The summed E-state index contributed by atoms with van der Waals surface area (Å²) in [4.78, 5) is 0. The Morgan fingerprint density at radius 2 is 1.65 bits per heavy atom. The minimum Gasteiger partial charge on any atom is -0.371 e. The van der Waals surface area contributed by atoms with Crippen molar-refractivity contribution in [2.24, 2.45) is 0 Å². The third kappa shape index (κ3) is 3.49. The summed E-state index contributed by atoms with van der Waals surface area (Å²) in [7, 11) is 0. The summed E-state index contributed by atoms with van der Waals surface area (Å²) >= 11 is 0. The monoisotopic (exact) mass is 268 g/mol.